The monoisotopic (exact) mass is 481 g/mol. The molecule has 0 aliphatic rings. The highest BCUT2D eigenvalue weighted by molar-refractivity contribution is 6.07. The number of nitrogens with zero attached hydrogens (tertiary/aromatic N) is 5. The second-order valence-electron chi connectivity index (χ2n) is 8.32. The van der Waals surface area contributed by atoms with E-state index in [1.165, 1.54) is 0 Å². The van der Waals surface area contributed by atoms with Crippen molar-refractivity contribution >= 4 is 28.6 Å². The minimum Gasteiger partial charge on any atom is -0.466 e. The maximum Gasteiger partial charge on any atom is 0.307 e. The van der Waals surface area contributed by atoms with Crippen molar-refractivity contribution in [2.24, 2.45) is 7.05 Å². The van der Waals surface area contributed by atoms with Gasteiger partial charge >= 0.3 is 5.97 Å². The van der Waals surface area contributed by atoms with Gasteiger partial charge in [0.05, 0.1) is 47.6 Å². The first-order chi connectivity index (χ1) is 17.5. The number of ether oxygens (including phenoxy) is 1. The lowest BCUT2D eigenvalue weighted by atomic mass is 10.1. The third kappa shape index (κ3) is 5.58. The quantitative estimate of drug-likeness (QED) is 0.332. The number of aromatic nitrogens is 3. The zero-order valence-electron chi connectivity index (χ0n) is 20.3. The zero-order chi connectivity index (χ0) is 25.5. The molecule has 2 aromatic heterocycles. The van der Waals surface area contributed by atoms with E-state index in [0.717, 1.165) is 35.3 Å². The van der Waals surface area contributed by atoms with Gasteiger partial charge in [0.25, 0.3) is 5.91 Å². The Morgan fingerprint density at radius 1 is 1.11 bits per heavy atom. The molecule has 0 spiro atoms. The fourth-order valence-corrected chi connectivity index (χ4v) is 4.06. The Labute approximate surface area is 209 Å². The Bertz CT molecular complexity index is 1410. The van der Waals surface area contributed by atoms with Gasteiger partial charge in [0, 0.05) is 31.8 Å². The summed E-state index contributed by atoms with van der Waals surface area (Å²) >= 11 is 0. The highest BCUT2D eigenvalue weighted by atomic mass is 16.5. The highest BCUT2D eigenvalue weighted by Crippen LogP contribution is 2.22. The van der Waals surface area contributed by atoms with Gasteiger partial charge in [-0.3, -0.25) is 14.6 Å². The smallest absolute Gasteiger partial charge is 0.307 e. The number of esters is 1. The number of carbonyl (C=O) groups excluding carboxylic acids is 2. The third-order valence-corrected chi connectivity index (χ3v) is 5.99. The molecule has 0 saturated carbocycles. The number of hydrogen-bond donors (Lipinski definition) is 0. The van der Waals surface area contributed by atoms with Crippen molar-refractivity contribution in [2.75, 3.05) is 18.1 Å². The van der Waals surface area contributed by atoms with Gasteiger partial charge in [-0.05, 0) is 61.4 Å². The molecular formula is C28H27N5O3. The fourth-order valence-electron chi connectivity index (χ4n) is 4.06. The van der Waals surface area contributed by atoms with Crippen LogP contribution in [0, 0.1) is 11.3 Å². The molecule has 0 unspecified atom stereocenters. The molecule has 0 saturated heterocycles. The highest BCUT2D eigenvalue weighted by Gasteiger charge is 2.21. The van der Waals surface area contributed by atoms with E-state index >= 15 is 0 Å². The molecule has 2 heterocycles. The van der Waals surface area contributed by atoms with Gasteiger partial charge in [-0.1, -0.05) is 12.1 Å². The summed E-state index contributed by atoms with van der Waals surface area (Å²) in [7, 11) is 1.96. The molecule has 1 amide bonds. The average Bonchev–Trinajstić information content (AvgIpc) is 3.23. The molecule has 0 bridgehead atoms. The Hall–Kier alpha value is -4.51. The molecule has 182 valence electrons. The largest absolute Gasteiger partial charge is 0.466 e. The lowest BCUT2D eigenvalue weighted by Crippen LogP contribution is -2.33. The first-order valence-corrected chi connectivity index (χ1v) is 11.8. The molecule has 8 nitrogen and oxygen atoms in total. The number of nitriles is 1. The van der Waals surface area contributed by atoms with Crippen molar-refractivity contribution in [3.8, 4) is 6.07 Å². The Kier molecular flexibility index (Phi) is 7.71. The fraction of sp³-hybridized carbons (Fsp3) is 0.250. The molecule has 0 aliphatic carbocycles. The first kappa shape index (κ1) is 24.6. The summed E-state index contributed by atoms with van der Waals surface area (Å²) in [5.74, 6) is 0.315. The van der Waals surface area contributed by atoms with E-state index in [-0.39, 0.29) is 24.8 Å². The minimum absolute atomic E-state index is 0.0831. The SMILES string of the molecule is CCOC(=O)CCN(C(=O)c1ccc2c(c1)nc(CCc1ccc(C#N)cc1)n2C)c1cccnc1. The van der Waals surface area contributed by atoms with Crippen LogP contribution in [0.2, 0.25) is 0 Å². The Balaban J connectivity index is 1.55. The van der Waals surface area contributed by atoms with E-state index in [4.69, 9.17) is 15.0 Å². The number of rotatable bonds is 9. The zero-order valence-corrected chi connectivity index (χ0v) is 20.3. The standard InChI is InChI=1S/C28H27N5O3/c1-3-36-27(34)14-16-33(23-5-4-15-30-19-23)28(35)22-11-12-25-24(17-22)31-26(32(25)2)13-10-20-6-8-21(18-29)9-7-20/h4-9,11-12,15,17,19H,3,10,13-14,16H2,1-2H3. The first-order valence-electron chi connectivity index (χ1n) is 11.8. The van der Waals surface area contributed by atoms with Crippen LogP contribution in [0.5, 0.6) is 0 Å². The molecule has 0 fully saturated rings. The molecule has 0 atom stereocenters. The second kappa shape index (κ2) is 11.3. The molecule has 4 rings (SSSR count). The summed E-state index contributed by atoms with van der Waals surface area (Å²) in [6.07, 6.45) is 4.83. The maximum atomic E-state index is 13.5. The molecular weight excluding hydrogens is 454 g/mol. The van der Waals surface area contributed by atoms with Crippen molar-refractivity contribution in [3.05, 3.63) is 89.5 Å². The topological polar surface area (TPSA) is 101 Å². The molecule has 36 heavy (non-hydrogen) atoms. The number of fused-ring (bicyclic) bond motifs is 1. The Morgan fingerprint density at radius 3 is 2.61 bits per heavy atom. The number of benzene rings is 2. The summed E-state index contributed by atoms with van der Waals surface area (Å²) in [6.45, 7) is 2.23. The molecule has 0 aliphatic heterocycles. The summed E-state index contributed by atoms with van der Waals surface area (Å²) in [5.41, 5.74) is 4.52. The van der Waals surface area contributed by atoms with E-state index in [2.05, 4.69) is 11.1 Å². The lowest BCUT2D eigenvalue weighted by Gasteiger charge is -2.22. The summed E-state index contributed by atoms with van der Waals surface area (Å²) in [5, 5.41) is 8.98. The van der Waals surface area contributed by atoms with Crippen LogP contribution in [0.1, 0.15) is 40.7 Å². The number of aryl methyl sites for hydroxylation is 3. The van der Waals surface area contributed by atoms with Crippen molar-refractivity contribution < 1.29 is 14.3 Å². The molecule has 0 N–H and O–H groups in total. The number of imidazole rings is 1. The number of anilines is 1. The summed E-state index contributed by atoms with van der Waals surface area (Å²) in [4.78, 5) is 35.9. The van der Waals surface area contributed by atoms with Crippen LogP contribution < -0.4 is 4.90 Å². The van der Waals surface area contributed by atoms with Gasteiger partial charge in [-0.25, -0.2) is 4.98 Å². The van der Waals surface area contributed by atoms with E-state index in [1.807, 2.05) is 41.9 Å². The van der Waals surface area contributed by atoms with Crippen LogP contribution in [0.4, 0.5) is 5.69 Å². The summed E-state index contributed by atoms with van der Waals surface area (Å²) < 4.78 is 7.07. The number of carbonyl (C=O) groups is 2. The normalized spacial score (nSPS) is 10.7. The van der Waals surface area contributed by atoms with Crippen LogP contribution in [0.25, 0.3) is 11.0 Å². The van der Waals surface area contributed by atoms with E-state index in [1.54, 1.807) is 48.5 Å². The van der Waals surface area contributed by atoms with Gasteiger partial charge in [-0.2, -0.15) is 5.26 Å². The van der Waals surface area contributed by atoms with Gasteiger partial charge in [0.15, 0.2) is 0 Å². The Morgan fingerprint density at radius 2 is 1.92 bits per heavy atom. The van der Waals surface area contributed by atoms with Crippen molar-refractivity contribution in [1.29, 1.82) is 5.26 Å². The maximum absolute atomic E-state index is 13.5. The van der Waals surface area contributed by atoms with Crippen molar-refractivity contribution in [3.63, 3.8) is 0 Å². The van der Waals surface area contributed by atoms with Crippen LogP contribution >= 0.6 is 0 Å². The molecule has 4 aromatic rings. The molecule has 8 heteroatoms. The van der Waals surface area contributed by atoms with E-state index < -0.39 is 0 Å². The van der Waals surface area contributed by atoms with Crippen molar-refractivity contribution in [2.45, 2.75) is 26.2 Å². The van der Waals surface area contributed by atoms with Gasteiger partial charge < -0.3 is 14.2 Å². The molecule has 2 aromatic carbocycles. The molecule has 0 radical (unpaired) electrons. The van der Waals surface area contributed by atoms with E-state index in [0.29, 0.717) is 23.4 Å². The second-order valence-corrected chi connectivity index (χ2v) is 8.32. The van der Waals surface area contributed by atoms with Gasteiger partial charge in [-0.15, -0.1) is 0 Å². The predicted molar refractivity (Wildman–Crippen MR) is 136 cm³/mol. The summed E-state index contributed by atoms with van der Waals surface area (Å²) in [6, 6.07) is 18.7. The number of hydrogen-bond acceptors (Lipinski definition) is 6. The minimum atomic E-state index is -0.355. The van der Waals surface area contributed by atoms with Crippen molar-refractivity contribution in [1.82, 2.24) is 14.5 Å². The van der Waals surface area contributed by atoms with Crippen LogP contribution in [0.15, 0.2) is 67.0 Å². The third-order valence-electron chi connectivity index (χ3n) is 5.99. The number of pyridine rings is 1. The number of amides is 1. The van der Waals surface area contributed by atoms with Crippen LogP contribution in [-0.2, 0) is 29.4 Å². The lowest BCUT2D eigenvalue weighted by molar-refractivity contribution is -0.142. The van der Waals surface area contributed by atoms with Gasteiger partial charge in [0.1, 0.15) is 5.82 Å². The van der Waals surface area contributed by atoms with Gasteiger partial charge in [0.2, 0.25) is 0 Å². The van der Waals surface area contributed by atoms with E-state index in [9.17, 15) is 9.59 Å². The van der Waals surface area contributed by atoms with Crippen LogP contribution in [0.3, 0.4) is 0 Å². The van der Waals surface area contributed by atoms with Crippen LogP contribution in [-0.4, -0.2) is 39.6 Å². The average molecular weight is 482 g/mol. The predicted octanol–water partition coefficient (Wildman–Crippen LogP) is 4.23.